The average molecular weight is 477 g/mol. The van der Waals surface area contributed by atoms with Gasteiger partial charge >= 0.3 is 0 Å². The second kappa shape index (κ2) is 8.79. The zero-order valence-corrected chi connectivity index (χ0v) is 19.5. The Kier molecular flexibility index (Phi) is 6.19. The first-order chi connectivity index (χ1) is 15.6. The molecule has 0 radical (unpaired) electrons. The van der Waals surface area contributed by atoms with Crippen molar-refractivity contribution in [3.8, 4) is 5.75 Å². The van der Waals surface area contributed by atoms with Crippen molar-refractivity contribution in [3.63, 3.8) is 0 Å². The Labute approximate surface area is 192 Å². The Hall–Kier alpha value is -2.92. The quantitative estimate of drug-likeness (QED) is 0.683. The van der Waals surface area contributed by atoms with Crippen LogP contribution in [0.2, 0.25) is 0 Å². The van der Waals surface area contributed by atoms with E-state index < -0.39 is 32.8 Å². The van der Waals surface area contributed by atoms with Gasteiger partial charge in [-0.05, 0) is 44.7 Å². The molecule has 11 heteroatoms. The Morgan fingerprint density at radius 1 is 1.21 bits per heavy atom. The van der Waals surface area contributed by atoms with E-state index in [0.29, 0.717) is 43.8 Å². The van der Waals surface area contributed by atoms with Crippen molar-refractivity contribution in [1.82, 2.24) is 14.9 Å². The predicted molar refractivity (Wildman–Crippen MR) is 122 cm³/mol. The lowest BCUT2D eigenvalue weighted by Crippen LogP contribution is -2.39. The number of sulfonamides is 1. The zero-order chi connectivity index (χ0) is 23.8. The summed E-state index contributed by atoms with van der Waals surface area (Å²) in [6.45, 7) is 4.65. The number of rotatable bonds is 4. The number of hydrogen-bond donors (Lipinski definition) is 2. The summed E-state index contributed by atoms with van der Waals surface area (Å²) in [6.07, 6.45) is 1.96. The van der Waals surface area contributed by atoms with Gasteiger partial charge in [-0.1, -0.05) is 18.2 Å². The average Bonchev–Trinajstić information content (AvgIpc) is 2.92. The fraction of sp³-hybridized carbons (Fsp3) is 0.500. The molecular weight excluding hydrogens is 448 g/mol. The Bertz CT molecular complexity index is 1240. The Balaban J connectivity index is 1.62. The van der Waals surface area contributed by atoms with Gasteiger partial charge in [-0.3, -0.25) is 18.5 Å². The number of fused-ring (bicyclic) bond motifs is 1. The minimum absolute atomic E-state index is 0.000454. The number of amides is 1. The van der Waals surface area contributed by atoms with Gasteiger partial charge in [0.1, 0.15) is 11.4 Å². The molecule has 1 aromatic carbocycles. The van der Waals surface area contributed by atoms with E-state index in [2.05, 4.69) is 10.3 Å². The lowest BCUT2D eigenvalue weighted by atomic mass is 10.1. The van der Waals surface area contributed by atoms with E-state index in [0.717, 1.165) is 6.42 Å². The van der Waals surface area contributed by atoms with Crippen molar-refractivity contribution in [2.75, 3.05) is 23.2 Å². The molecule has 0 spiro atoms. The van der Waals surface area contributed by atoms with E-state index in [1.807, 2.05) is 0 Å². The molecule has 33 heavy (non-hydrogen) atoms. The molecule has 1 aromatic heterocycles. The summed E-state index contributed by atoms with van der Waals surface area (Å²) < 4.78 is 33.6. The fourth-order valence-electron chi connectivity index (χ4n) is 4.21. The highest BCUT2D eigenvalue weighted by Gasteiger charge is 2.33. The van der Waals surface area contributed by atoms with E-state index >= 15 is 0 Å². The number of hydrogen-bond acceptors (Lipinski definition) is 7. The number of benzene rings is 1. The van der Waals surface area contributed by atoms with Gasteiger partial charge in [0.2, 0.25) is 15.8 Å². The lowest BCUT2D eigenvalue weighted by Gasteiger charge is -2.30. The molecule has 178 valence electrons. The summed E-state index contributed by atoms with van der Waals surface area (Å²) in [4.78, 5) is 30.0. The summed E-state index contributed by atoms with van der Waals surface area (Å²) in [5.41, 5.74) is -0.873. The van der Waals surface area contributed by atoms with Gasteiger partial charge < -0.3 is 15.2 Å². The zero-order valence-electron chi connectivity index (χ0n) is 18.7. The molecule has 1 amide bonds. The van der Waals surface area contributed by atoms with Crippen LogP contribution >= 0.6 is 0 Å². The van der Waals surface area contributed by atoms with Crippen LogP contribution in [0.5, 0.6) is 5.75 Å². The van der Waals surface area contributed by atoms with Crippen LogP contribution in [0.1, 0.15) is 55.0 Å². The smallest absolute Gasteiger partial charge is 0.296 e. The molecule has 1 fully saturated rings. The standard InChI is InChI=1S/C22H28N4O6S/c1-22(2)21-24-17(18(27)20(29)25(21)10-7-12-32-22)19(28)23-14-15-8-3-4-9-16(15)26-11-5-6-13-33(26,30)31/h3-4,8-9,27H,5-7,10-14H2,1-2H3,(H,23,28). The van der Waals surface area contributed by atoms with Gasteiger partial charge in [0.05, 0.1) is 11.4 Å². The maximum atomic E-state index is 12.9. The first kappa shape index (κ1) is 23.2. The number of aromatic nitrogens is 2. The van der Waals surface area contributed by atoms with Crippen LogP contribution in [-0.4, -0.2) is 47.9 Å². The van der Waals surface area contributed by atoms with Crippen LogP contribution in [0.15, 0.2) is 29.1 Å². The monoisotopic (exact) mass is 476 g/mol. The molecule has 2 aromatic rings. The molecule has 2 aliphatic heterocycles. The minimum atomic E-state index is -3.42. The van der Waals surface area contributed by atoms with Gasteiger partial charge in [0.25, 0.3) is 11.5 Å². The van der Waals surface area contributed by atoms with Crippen LogP contribution < -0.4 is 15.2 Å². The molecule has 0 bridgehead atoms. The summed E-state index contributed by atoms with van der Waals surface area (Å²) >= 11 is 0. The van der Waals surface area contributed by atoms with E-state index in [9.17, 15) is 23.1 Å². The second-order valence-corrected chi connectivity index (χ2v) is 10.7. The molecule has 4 rings (SSSR count). The van der Waals surface area contributed by atoms with Crippen molar-refractivity contribution in [2.24, 2.45) is 0 Å². The molecule has 0 aliphatic carbocycles. The Morgan fingerprint density at radius 2 is 1.97 bits per heavy atom. The fourth-order valence-corrected chi connectivity index (χ4v) is 5.88. The van der Waals surface area contributed by atoms with E-state index in [4.69, 9.17) is 4.74 Å². The third-order valence-electron chi connectivity index (χ3n) is 5.94. The molecule has 0 unspecified atom stereocenters. The molecule has 2 aliphatic rings. The largest absolute Gasteiger partial charge is 0.501 e. The third kappa shape index (κ3) is 4.47. The van der Waals surface area contributed by atoms with Gasteiger partial charge in [-0.15, -0.1) is 0 Å². The lowest BCUT2D eigenvalue weighted by molar-refractivity contribution is -0.0227. The molecule has 0 atom stereocenters. The number of para-hydroxylation sites is 1. The normalized spacial score (nSPS) is 19.4. The maximum Gasteiger partial charge on any atom is 0.296 e. The highest BCUT2D eigenvalue weighted by molar-refractivity contribution is 7.92. The number of ether oxygens (including phenoxy) is 1. The number of carbonyl (C=O) groups excluding carboxylic acids is 1. The molecule has 10 nitrogen and oxygen atoms in total. The van der Waals surface area contributed by atoms with E-state index in [1.54, 1.807) is 38.1 Å². The number of carbonyl (C=O) groups is 1. The summed E-state index contributed by atoms with van der Waals surface area (Å²) in [7, 11) is -3.42. The molecule has 3 heterocycles. The summed E-state index contributed by atoms with van der Waals surface area (Å²) in [6, 6.07) is 6.93. The second-order valence-electron chi connectivity index (χ2n) is 8.71. The van der Waals surface area contributed by atoms with E-state index in [-0.39, 0.29) is 23.8 Å². The first-order valence-corrected chi connectivity index (χ1v) is 12.6. The van der Waals surface area contributed by atoms with Crippen molar-refractivity contribution in [1.29, 1.82) is 0 Å². The number of aromatic hydroxyl groups is 1. The van der Waals surface area contributed by atoms with Crippen LogP contribution in [0.25, 0.3) is 0 Å². The molecule has 0 saturated carbocycles. The number of anilines is 1. The molecule has 1 saturated heterocycles. The maximum absolute atomic E-state index is 12.9. The van der Waals surface area contributed by atoms with Gasteiger partial charge in [-0.25, -0.2) is 13.4 Å². The molecular formula is C22H28N4O6S. The van der Waals surface area contributed by atoms with Crippen molar-refractivity contribution >= 4 is 21.6 Å². The van der Waals surface area contributed by atoms with Gasteiger partial charge in [-0.2, -0.15) is 0 Å². The van der Waals surface area contributed by atoms with Crippen LogP contribution in [-0.2, 0) is 33.5 Å². The van der Waals surface area contributed by atoms with Crippen LogP contribution in [0.4, 0.5) is 5.69 Å². The van der Waals surface area contributed by atoms with Crippen LogP contribution in [0, 0.1) is 0 Å². The van der Waals surface area contributed by atoms with Crippen molar-refractivity contribution < 1.29 is 23.1 Å². The summed E-state index contributed by atoms with van der Waals surface area (Å²) in [5, 5.41) is 13.1. The van der Waals surface area contributed by atoms with E-state index in [1.165, 1.54) is 8.87 Å². The third-order valence-corrected chi connectivity index (χ3v) is 7.79. The highest BCUT2D eigenvalue weighted by atomic mass is 32.2. The van der Waals surface area contributed by atoms with Gasteiger partial charge in [0, 0.05) is 26.2 Å². The number of nitrogens with one attached hydrogen (secondary N) is 1. The summed E-state index contributed by atoms with van der Waals surface area (Å²) in [5.74, 6) is -1.10. The van der Waals surface area contributed by atoms with Crippen molar-refractivity contribution in [2.45, 2.75) is 51.8 Å². The van der Waals surface area contributed by atoms with Crippen LogP contribution in [0.3, 0.4) is 0 Å². The van der Waals surface area contributed by atoms with Crippen molar-refractivity contribution in [3.05, 3.63) is 51.7 Å². The van der Waals surface area contributed by atoms with Gasteiger partial charge in [0.15, 0.2) is 5.69 Å². The molecule has 2 N–H and O–H groups in total. The highest BCUT2D eigenvalue weighted by Crippen LogP contribution is 2.28. The predicted octanol–water partition coefficient (Wildman–Crippen LogP) is 1.46. The Morgan fingerprint density at radius 3 is 2.73 bits per heavy atom. The first-order valence-electron chi connectivity index (χ1n) is 11.0. The number of nitrogens with zero attached hydrogens (tertiary/aromatic N) is 3. The minimum Gasteiger partial charge on any atom is -0.501 e. The topological polar surface area (TPSA) is 131 Å². The SMILES string of the molecule is CC1(C)OCCCn2c1nc(C(=O)NCc1ccccc1N1CCCCS1(=O)=O)c(O)c2=O.